The molecule has 1 aromatic rings. The number of amides is 1. The van der Waals surface area contributed by atoms with E-state index in [1.807, 2.05) is 6.92 Å². The summed E-state index contributed by atoms with van der Waals surface area (Å²) in [6.07, 6.45) is 0.940. The summed E-state index contributed by atoms with van der Waals surface area (Å²) in [5, 5.41) is 7.76. The maximum absolute atomic E-state index is 11.7. The molecular weight excluding hydrogens is 252 g/mol. The van der Waals surface area contributed by atoms with Gasteiger partial charge >= 0.3 is 0 Å². The molecule has 5 nitrogen and oxygen atoms in total. The van der Waals surface area contributed by atoms with Crippen LogP contribution in [0.15, 0.2) is 24.3 Å². The number of benzene rings is 1. The van der Waals surface area contributed by atoms with Crippen molar-refractivity contribution in [2.45, 2.75) is 19.1 Å². The topological polar surface area (TPSA) is 89.3 Å². The predicted octanol–water partition coefficient (Wildman–Crippen LogP) is 1.07. The van der Waals surface area contributed by atoms with Crippen LogP contribution in [0.25, 0.3) is 0 Å². The molecule has 0 aliphatic heterocycles. The largest absolute Gasteiger partial charge is 0.326 e. The van der Waals surface area contributed by atoms with Crippen LogP contribution in [-0.4, -0.2) is 14.3 Å². The Morgan fingerprint density at radius 1 is 1.39 bits per heavy atom. The molecule has 2 rings (SSSR count). The molecule has 0 heterocycles. The van der Waals surface area contributed by atoms with E-state index in [2.05, 4.69) is 5.32 Å². The average molecular weight is 268 g/mol. The Kier molecular flexibility index (Phi) is 3.41. The number of hydrogen-bond acceptors (Lipinski definition) is 3. The summed E-state index contributed by atoms with van der Waals surface area (Å²) >= 11 is 0. The number of rotatable bonds is 4. The molecule has 0 bridgehead atoms. The van der Waals surface area contributed by atoms with Crippen LogP contribution < -0.4 is 10.5 Å². The zero-order valence-corrected chi connectivity index (χ0v) is 10.9. The van der Waals surface area contributed by atoms with Crippen LogP contribution in [0.3, 0.4) is 0 Å². The van der Waals surface area contributed by atoms with Gasteiger partial charge in [0.05, 0.1) is 5.75 Å². The average Bonchev–Trinajstić information content (AvgIpc) is 2.96. The monoisotopic (exact) mass is 268 g/mol. The highest BCUT2D eigenvalue weighted by Crippen LogP contribution is 2.38. The molecule has 1 saturated carbocycles. The van der Waals surface area contributed by atoms with Gasteiger partial charge in [-0.3, -0.25) is 4.79 Å². The quantitative estimate of drug-likeness (QED) is 0.856. The van der Waals surface area contributed by atoms with Crippen LogP contribution in [0.1, 0.15) is 18.9 Å². The minimum atomic E-state index is -3.51. The fourth-order valence-electron chi connectivity index (χ4n) is 1.84. The minimum absolute atomic E-state index is 0.0293. The summed E-state index contributed by atoms with van der Waals surface area (Å²) in [4.78, 5) is 11.7. The highest BCUT2D eigenvalue weighted by Gasteiger charge is 2.38. The second-order valence-corrected chi connectivity index (χ2v) is 6.43. The fourth-order valence-corrected chi connectivity index (χ4v) is 2.50. The van der Waals surface area contributed by atoms with E-state index >= 15 is 0 Å². The standard InChI is InChI=1S/C12H16N2O3S/c1-8-6-11(8)12(15)14-10-4-2-9(3-5-10)7-18(13,16)17/h2-5,8,11H,6-7H2,1H3,(H,14,15)(H2,13,16,17). The van der Waals surface area contributed by atoms with Gasteiger partial charge in [-0.1, -0.05) is 19.1 Å². The molecule has 18 heavy (non-hydrogen) atoms. The maximum atomic E-state index is 11.7. The molecule has 2 atom stereocenters. The number of primary sulfonamides is 1. The smallest absolute Gasteiger partial charge is 0.227 e. The van der Waals surface area contributed by atoms with E-state index in [0.29, 0.717) is 17.2 Å². The SMILES string of the molecule is CC1CC1C(=O)Nc1ccc(CS(N)(=O)=O)cc1. The van der Waals surface area contributed by atoms with Crippen molar-refractivity contribution in [3.63, 3.8) is 0 Å². The van der Waals surface area contributed by atoms with Crippen molar-refractivity contribution in [2.24, 2.45) is 17.0 Å². The Morgan fingerprint density at radius 3 is 2.39 bits per heavy atom. The zero-order valence-electron chi connectivity index (χ0n) is 10.1. The van der Waals surface area contributed by atoms with E-state index < -0.39 is 10.0 Å². The third-order valence-electron chi connectivity index (χ3n) is 3.04. The summed E-state index contributed by atoms with van der Waals surface area (Å²) in [5.41, 5.74) is 1.28. The second-order valence-electron chi connectivity index (χ2n) is 4.81. The predicted molar refractivity (Wildman–Crippen MR) is 69.2 cm³/mol. The minimum Gasteiger partial charge on any atom is -0.326 e. The highest BCUT2D eigenvalue weighted by atomic mass is 32.2. The number of hydrogen-bond donors (Lipinski definition) is 2. The summed E-state index contributed by atoms with van der Waals surface area (Å²) in [5.74, 6) is 0.420. The van der Waals surface area contributed by atoms with Gasteiger partial charge in [0.2, 0.25) is 15.9 Å². The molecule has 1 aliphatic carbocycles. The normalized spacial score (nSPS) is 22.6. The van der Waals surface area contributed by atoms with Crippen molar-refractivity contribution in [1.82, 2.24) is 0 Å². The van der Waals surface area contributed by atoms with E-state index in [4.69, 9.17) is 5.14 Å². The van der Waals surface area contributed by atoms with Gasteiger partial charge < -0.3 is 5.32 Å². The molecule has 1 aliphatic rings. The second kappa shape index (κ2) is 4.70. The molecular formula is C12H16N2O3S. The van der Waals surface area contributed by atoms with Gasteiger partial charge in [0.1, 0.15) is 0 Å². The molecule has 0 spiro atoms. The number of carbonyl (C=O) groups excluding carboxylic acids is 1. The number of sulfonamides is 1. The first-order chi connectivity index (χ1) is 8.35. The Morgan fingerprint density at radius 2 is 1.94 bits per heavy atom. The summed E-state index contributed by atoms with van der Waals surface area (Å²) in [6.45, 7) is 2.04. The Labute approximate surface area is 106 Å². The lowest BCUT2D eigenvalue weighted by Crippen LogP contribution is -2.15. The third-order valence-corrected chi connectivity index (χ3v) is 3.77. The van der Waals surface area contributed by atoms with Gasteiger partial charge in [-0.25, -0.2) is 13.6 Å². The number of carbonyl (C=O) groups is 1. The fraction of sp³-hybridized carbons (Fsp3) is 0.417. The van der Waals surface area contributed by atoms with Crippen LogP contribution in [-0.2, 0) is 20.6 Å². The summed E-state index contributed by atoms with van der Waals surface area (Å²) in [7, 11) is -3.51. The van der Waals surface area contributed by atoms with Crippen LogP contribution in [0.4, 0.5) is 5.69 Å². The first kappa shape index (κ1) is 13.0. The number of nitrogens with one attached hydrogen (secondary N) is 1. The molecule has 1 amide bonds. The zero-order chi connectivity index (χ0) is 13.3. The van der Waals surface area contributed by atoms with Gasteiger partial charge in [-0.15, -0.1) is 0 Å². The molecule has 0 aromatic heterocycles. The van der Waals surface area contributed by atoms with Crippen LogP contribution in [0.5, 0.6) is 0 Å². The van der Waals surface area contributed by atoms with Crippen LogP contribution in [0.2, 0.25) is 0 Å². The van der Waals surface area contributed by atoms with E-state index in [9.17, 15) is 13.2 Å². The van der Waals surface area contributed by atoms with Crippen molar-refractivity contribution < 1.29 is 13.2 Å². The van der Waals surface area contributed by atoms with E-state index in [-0.39, 0.29) is 17.6 Å². The van der Waals surface area contributed by atoms with Gasteiger partial charge in [-0.05, 0) is 30.0 Å². The molecule has 1 aromatic carbocycles. The summed E-state index contributed by atoms with van der Waals surface area (Å²) < 4.78 is 21.8. The molecule has 0 radical (unpaired) electrons. The molecule has 6 heteroatoms. The molecule has 0 saturated heterocycles. The lowest BCUT2D eigenvalue weighted by atomic mass is 10.2. The van der Waals surface area contributed by atoms with Crippen LogP contribution in [0, 0.1) is 11.8 Å². The third kappa shape index (κ3) is 3.54. The van der Waals surface area contributed by atoms with Crippen molar-refractivity contribution >= 4 is 21.6 Å². The highest BCUT2D eigenvalue weighted by molar-refractivity contribution is 7.88. The first-order valence-electron chi connectivity index (χ1n) is 5.75. The number of anilines is 1. The van der Waals surface area contributed by atoms with E-state index in [1.54, 1.807) is 24.3 Å². The van der Waals surface area contributed by atoms with Crippen LogP contribution >= 0.6 is 0 Å². The van der Waals surface area contributed by atoms with Gasteiger partial charge in [0.25, 0.3) is 0 Å². The van der Waals surface area contributed by atoms with E-state index in [1.165, 1.54) is 0 Å². The van der Waals surface area contributed by atoms with Crippen molar-refractivity contribution in [1.29, 1.82) is 0 Å². The number of nitrogens with two attached hydrogens (primary N) is 1. The Bertz CT molecular complexity index is 551. The summed E-state index contributed by atoms with van der Waals surface area (Å²) in [6, 6.07) is 6.67. The van der Waals surface area contributed by atoms with Gasteiger partial charge in [0, 0.05) is 11.6 Å². The first-order valence-corrected chi connectivity index (χ1v) is 7.47. The lowest BCUT2D eigenvalue weighted by molar-refractivity contribution is -0.117. The maximum Gasteiger partial charge on any atom is 0.227 e. The Hall–Kier alpha value is -1.40. The van der Waals surface area contributed by atoms with Crippen molar-refractivity contribution in [3.05, 3.63) is 29.8 Å². The Balaban J connectivity index is 1.97. The van der Waals surface area contributed by atoms with Crippen molar-refractivity contribution in [3.8, 4) is 0 Å². The van der Waals surface area contributed by atoms with Gasteiger partial charge in [0.15, 0.2) is 0 Å². The molecule has 2 unspecified atom stereocenters. The lowest BCUT2D eigenvalue weighted by Gasteiger charge is -2.05. The molecule has 98 valence electrons. The van der Waals surface area contributed by atoms with Crippen molar-refractivity contribution in [2.75, 3.05) is 5.32 Å². The molecule has 1 fully saturated rings. The van der Waals surface area contributed by atoms with Gasteiger partial charge in [-0.2, -0.15) is 0 Å². The molecule has 3 N–H and O–H groups in total. The van der Waals surface area contributed by atoms with E-state index in [0.717, 1.165) is 6.42 Å².